The number of rotatable bonds is 3. The molecule has 1 aromatic rings. The normalized spacial score (nSPS) is 26.2. The fraction of sp³-hybridized carbons (Fsp3) is 0.556. The smallest absolute Gasteiger partial charge is 0.239 e. The second kappa shape index (κ2) is 5.55. The van der Waals surface area contributed by atoms with Crippen LogP contribution in [0.3, 0.4) is 0 Å². The molecule has 5 nitrogen and oxygen atoms in total. The van der Waals surface area contributed by atoms with E-state index in [1.165, 1.54) is 0 Å². The highest BCUT2D eigenvalue weighted by Crippen LogP contribution is 2.65. The lowest BCUT2D eigenvalue weighted by Gasteiger charge is -2.28. The van der Waals surface area contributed by atoms with Crippen molar-refractivity contribution in [1.29, 1.82) is 0 Å². The van der Waals surface area contributed by atoms with Gasteiger partial charge in [-0.1, -0.05) is 26.0 Å². The summed E-state index contributed by atoms with van der Waals surface area (Å²) < 4.78 is 5.21. The van der Waals surface area contributed by atoms with E-state index in [1.807, 2.05) is 24.3 Å². The number of carbonyl (C=O) groups is 2. The zero-order valence-electron chi connectivity index (χ0n) is 14.0. The molecule has 1 aromatic carbocycles. The standard InChI is InChI=1S/C18H24N2O3/c1-17(2)12-18(17,13-5-7-14(23-3)8-6-13)16(22)20-10-4-9-19-15(21)11-20/h5-8H,4,9-12H2,1-3H3,(H,19,21). The number of benzene rings is 1. The first-order chi connectivity index (χ1) is 10.9. The Kier molecular flexibility index (Phi) is 3.82. The highest BCUT2D eigenvalue weighted by Gasteiger charge is 2.68. The van der Waals surface area contributed by atoms with E-state index in [-0.39, 0.29) is 23.8 Å². The van der Waals surface area contributed by atoms with Crippen molar-refractivity contribution < 1.29 is 14.3 Å². The predicted octanol–water partition coefficient (Wildman–Crippen LogP) is 1.71. The molecule has 5 heteroatoms. The van der Waals surface area contributed by atoms with Crippen LogP contribution in [0.2, 0.25) is 0 Å². The summed E-state index contributed by atoms with van der Waals surface area (Å²) in [6.07, 6.45) is 1.61. The van der Waals surface area contributed by atoms with Gasteiger partial charge in [0, 0.05) is 13.1 Å². The fourth-order valence-corrected chi connectivity index (χ4v) is 3.72. The van der Waals surface area contributed by atoms with Gasteiger partial charge in [-0.15, -0.1) is 0 Å². The molecule has 1 saturated carbocycles. The fourth-order valence-electron chi connectivity index (χ4n) is 3.72. The zero-order chi connectivity index (χ0) is 16.7. The Labute approximate surface area is 137 Å². The minimum absolute atomic E-state index is 0.0702. The SMILES string of the molecule is COc1ccc(C2(C(=O)N3CCCNC(=O)C3)CC2(C)C)cc1. The highest BCUT2D eigenvalue weighted by molar-refractivity contribution is 5.95. The predicted molar refractivity (Wildman–Crippen MR) is 87.3 cm³/mol. The van der Waals surface area contributed by atoms with Crippen molar-refractivity contribution in [3.63, 3.8) is 0 Å². The number of methoxy groups -OCH3 is 1. The van der Waals surface area contributed by atoms with Gasteiger partial charge in [0.25, 0.3) is 0 Å². The van der Waals surface area contributed by atoms with Gasteiger partial charge < -0.3 is 15.0 Å². The van der Waals surface area contributed by atoms with Crippen LogP contribution < -0.4 is 10.1 Å². The summed E-state index contributed by atoms with van der Waals surface area (Å²) in [5.41, 5.74) is 0.392. The average molecular weight is 316 g/mol. The summed E-state index contributed by atoms with van der Waals surface area (Å²) in [5, 5.41) is 2.83. The van der Waals surface area contributed by atoms with Crippen molar-refractivity contribution in [3.05, 3.63) is 29.8 Å². The van der Waals surface area contributed by atoms with Crippen LogP contribution in [0, 0.1) is 5.41 Å². The third kappa shape index (κ3) is 2.58. The van der Waals surface area contributed by atoms with E-state index in [0.29, 0.717) is 13.1 Å². The molecule has 1 atom stereocenters. The van der Waals surface area contributed by atoms with E-state index in [2.05, 4.69) is 19.2 Å². The number of amides is 2. The number of nitrogens with zero attached hydrogens (tertiary/aromatic N) is 1. The van der Waals surface area contributed by atoms with E-state index in [0.717, 1.165) is 24.2 Å². The lowest BCUT2D eigenvalue weighted by Crippen LogP contribution is -2.44. The van der Waals surface area contributed by atoms with Gasteiger partial charge in [-0.3, -0.25) is 9.59 Å². The monoisotopic (exact) mass is 316 g/mol. The molecule has 0 bridgehead atoms. The number of hydrogen-bond donors (Lipinski definition) is 1. The largest absolute Gasteiger partial charge is 0.497 e. The summed E-state index contributed by atoms with van der Waals surface area (Å²) in [7, 11) is 1.63. The Hall–Kier alpha value is -2.04. The molecule has 1 heterocycles. The van der Waals surface area contributed by atoms with Crippen molar-refractivity contribution in [2.45, 2.75) is 32.1 Å². The van der Waals surface area contributed by atoms with Crippen LogP contribution in [0.5, 0.6) is 5.75 Å². The highest BCUT2D eigenvalue weighted by atomic mass is 16.5. The number of ether oxygens (including phenoxy) is 1. The Balaban J connectivity index is 1.91. The van der Waals surface area contributed by atoms with Crippen LogP contribution in [-0.2, 0) is 15.0 Å². The van der Waals surface area contributed by atoms with Gasteiger partial charge in [-0.25, -0.2) is 0 Å². The molecule has 0 radical (unpaired) electrons. The van der Waals surface area contributed by atoms with Gasteiger partial charge in [0.1, 0.15) is 5.75 Å². The van der Waals surface area contributed by atoms with Crippen molar-refractivity contribution in [1.82, 2.24) is 10.2 Å². The summed E-state index contributed by atoms with van der Waals surface area (Å²) in [6.45, 7) is 5.67. The lowest BCUT2D eigenvalue weighted by atomic mass is 9.86. The zero-order valence-corrected chi connectivity index (χ0v) is 14.0. The molecule has 1 aliphatic carbocycles. The first-order valence-electron chi connectivity index (χ1n) is 8.11. The van der Waals surface area contributed by atoms with Gasteiger partial charge in [0.2, 0.25) is 11.8 Å². The molecule has 3 rings (SSSR count). The summed E-state index contributed by atoms with van der Waals surface area (Å²) in [6, 6.07) is 7.74. The molecular weight excluding hydrogens is 292 g/mol. The average Bonchev–Trinajstić information content (AvgIpc) is 3.19. The molecule has 0 aromatic heterocycles. The van der Waals surface area contributed by atoms with Gasteiger partial charge in [0.15, 0.2) is 0 Å². The molecule has 2 fully saturated rings. The van der Waals surface area contributed by atoms with Crippen LogP contribution in [0.15, 0.2) is 24.3 Å². The van der Waals surface area contributed by atoms with Crippen molar-refractivity contribution >= 4 is 11.8 Å². The molecule has 23 heavy (non-hydrogen) atoms. The molecule has 1 unspecified atom stereocenters. The molecular formula is C18H24N2O3. The van der Waals surface area contributed by atoms with Crippen molar-refractivity contribution in [2.75, 3.05) is 26.7 Å². The second-order valence-electron chi connectivity index (χ2n) is 7.12. The van der Waals surface area contributed by atoms with Crippen LogP contribution in [0.1, 0.15) is 32.3 Å². The van der Waals surface area contributed by atoms with Gasteiger partial charge in [0.05, 0.1) is 19.1 Å². The Morgan fingerprint density at radius 1 is 1.26 bits per heavy atom. The van der Waals surface area contributed by atoms with Crippen molar-refractivity contribution in [2.24, 2.45) is 5.41 Å². The Morgan fingerprint density at radius 2 is 1.91 bits per heavy atom. The lowest BCUT2D eigenvalue weighted by molar-refractivity contribution is -0.138. The van der Waals surface area contributed by atoms with E-state index < -0.39 is 5.41 Å². The molecule has 2 amide bonds. The molecule has 2 aliphatic rings. The molecule has 0 spiro atoms. The first-order valence-corrected chi connectivity index (χ1v) is 8.11. The maximum Gasteiger partial charge on any atom is 0.239 e. The van der Waals surface area contributed by atoms with Crippen LogP contribution in [-0.4, -0.2) is 43.5 Å². The summed E-state index contributed by atoms with van der Waals surface area (Å²) in [5.74, 6) is 0.785. The van der Waals surface area contributed by atoms with E-state index in [1.54, 1.807) is 12.0 Å². The quantitative estimate of drug-likeness (QED) is 0.923. The Bertz CT molecular complexity index is 624. The summed E-state index contributed by atoms with van der Waals surface area (Å²) in [4.78, 5) is 26.8. The topological polar surface area (TPSA) is 58.6 Å². The van der Waals surface area contributed by atoms with Gasteiger partial charge >= 0.3 is 0 Å². The first kappa shape index (κ1) is 15.8. The van der Waals surface area contributed by atoms with Crippen molar-refractivity contribution in [3.8, 4) is 5.75 Å². The molecule has 1 saturated heterocycles. The molecule has 1 N–H and O–H groups in total. The minimum atomic E-state index is -0.524. The molecule has 1 aliphatic heterocycles. The number of nitrogens with one attached hydrogen (secondary N) is 1. The van der Waals surface area contributed by atoms with Gasteiger partial charge in [-0.05, 0) is 36.0 Å². The number of hydrogen-bond acceptors (Lipinski definition) is 3. The van der Waals surface area contributed by atoms with E-state index >= 15 is 0 Å². The second-order valence-corrected chi connectivity index (χ2v) is 7.12. The maximum absolute atomic E-state index is 13.3. The minimum Gasteiger partial charge on any atom is -0.497 e. The van der Waals surface area contributed by atoms with Crippen LogP contribution >= 0.6 is 0 Å². The van der Waals surface area contributed by atoms with Crippen LogP contribution in [0.4, 0.5) is 0 Å². The third-order valence-corrected chi connectivity index (χ3v) is 5.23. The summed E-state index contributed by atoms with van der Waals surface area (Å²) >= 11 is 0. The maximum atomic E-state index is 13.3. The van der Waals surface area contributed by atoms with E-state index in [4.69, 9.17) is 4.74 Å². The van der Waals surface area contributed by atoms with Crippen LogP contribution in [0.25, 0.3) is 0 Å². The van der Waals surface area contributed by atoms with E-state index in [9.17, 15) is 9.59 Å². The third-order valence-electron chi connectivity index (χ3n) is 5.23. The Morgan fingerprint density at radius 3 is 2.48 bits per heavy atom. The molecule has 124 valence electrons. The number of carbonyl (C=O) groups excluding carboxylic acids is 2. The van der Waals surface area contributed by atoms with Gasteiger partial charge in [-0.2, -0.15) is 0 Å².